The molecule has 0 aromatic rings. The van der Waals surface area contributed by atoms with Crippen LogP contribution in [0.5, 0.6) is 0 Å². The van der Waals surface area contributed by atoms with Gasteiger partial charge in [0.2, 0.25) is 0 Å². The minimum Gasteiger partial charge on any atom is -0.372 e. The van der Waals surface area contributed by atoms with Gasteiger partial charge in [-0.25, -0.2) is 0 Å². The van der Waals surface area contributed by atoms with Crippen LogP contribution in [0.15, 0.2) is 4.99 Å². The van der Waals surface area contributed by atoms with Crippen molar-refractivity contribution in [3.05, 3.63) is 0 Å². The van der Waals surface area contributed by atoms with Crippen LogP contribution in [0.3, 0.4) is 0 Å². The highest BCUT2D eigenvalue weighted by atomic mass is 127. The molecule has 0 aromatic carbocycles. The molecule has 0 saturated heterocycles. The Morgan fingerprint density at radius 1 is 1.05 bits per heavy atom. The Kier molecular flexibility index (Phi) is 16.1. The number of alkyl halides is 3. The second kappa shape index (κ2) is 14.7. The van der Waals surface area contributed by atoms with Crippen molar-refractivity contribution in [1.29, 1.82) is 0 Å². The second-order valence-corrected chi connectivity index (χ2v) is 4.51. The molecule has 0 amide bonds. The molecule has 8 heteroatoms. The van der Waals surface area contributed by atoms with Crippen molar-refractivity contribution in [3.63, 3.8) is 0 Å². The van der Waals surface area contributed by atoms with Crippen LogP contribution in [0.2, 0.25) is 0 Å². The van der Waals surface area contributed by atoms with Gasteiger partial charge in [-0.15, -0.1) is 24.0 Å². The van der Waals surface area contributed by atoms with E-state index in [2.05, 4.69) is 27.3 Å². The van der Waals surface area contributed by atoms with Crippen LogP contribution in [0.1, 0.15) is 39.0 Å². The topological polar surface area (TPSA) is 45.7 Å². The van der Waals surface area contributed by atoms with Crippen molar-refractivity contribution in [1.82, 2.24) is 10.6 Å². The number of hydrogen-bond donors (Lipinski definition) is 2. The van der Waals surface area contributed by atoms with Crippen LogP contribution in [-0.4, -0.2) is 45.5 Å². The van der Waals surface area contributed by atoms with E-state index in [1.807, 2.05) is 0 Å². The summed E-state index contributed by atoms with van der Waals surface area (Å²) in [6, 6.07) is 0. The third kappa shape index (κ3) is 17.7. The Hall–Kier alpha value is -0.250. The highest BCUT2D eigenvalue weighted by Gasteiger charge is 2.27. The summed E-state index contributed by atoms with van der Waals surface area (Å²) >= 11 is 0. The SMILES string of the molecule is CCCCCCNC(=NC)NCCCOCC(F)(F)F.I. The van der Waals surface area contributed by atoms with E-state index in [1.54, 1.807) is 7.05 Å². The molecule has 0 aliphatic rings. The van der Waals surface area contributed by atoms with E-state index in [9.17, 15) is 13.2 Å². The standard InChI is InChI=1S/C13H26F3N3O.HI/c1-3-4-5-6-8-18-12(17-2)19-9-7-10-20-11-13(14,15)16;/h3-11H2,1-2H3,(H2,17,18,19);1H. The van der Waals surface area contributed by atoms with Crippen molar-refractivity contribution in [3.8, 4) is 0 Å². The minimum absolute atomic E-state index is 0. The van der Waals surface area contributed by atoms with Gasteiger partial charge in [0.05, 0.1) is 0 Å². The Morgan fingerprint density at radius 3 is 2.19 bits per heavy atom. The van der Waals surface area contributed by atoms with Gasteiger partial charge in [0.15, 0.2) is 5.96 Å². The van der Waals surface area contributed by atoms with Crippen LogP contribution in [-0.2, 0) is 4.74 Å². The molecule has 0 aliphatic heterocycles. The van der Waals surface area contributed by atoms with Crippen molar-refractivity contribution in [2.24, 2.45) is 4.99 Å². The predicted octanol–water partition coefficient (Wildman–Crippen LogP) is 3.32. The van der Waals surface area contributed by atoms with Crippen LogP contribution >= 0.6 is 24.0 Å². The molecule has 0 radical (unpaired) electrons. The molecule has 0 fully saturated rings. The number of ether oxygens (including phenoxy) is 1. The maximum absolute atomic E-state index is 11.8. The van der Waals surface area contributed by atoms with E-state index in [4.69, 9.17) is 0 Å². The molecule has 0 unspecified atom stereocenters. The lowest BCUT2D eigenvalue weighted by molar-refractivity contribution is -0.173. The zero-order valence-corrected chi connectivity index (χ0v) is 15.1. The average Bonchev–Trinajstić information content (AvgIpc) is 2.38. The van der Waals surface area contributed by atoms with Gasteiger partial charge in [-0.2, -0.15) is 13.2 Å². The van der Waals surface area contributed by atoms with Crippen LogP contribution in [0.25, 0.3) is 0 Å². The number of halogens is 4. The first-order chi connectivity index (χ1) is 9.49. The van der Waals surface area contributed by atoms with E-state index >= 15 is 0 Å². The number of aliphatic imine (C=N–C) groups is 1. The van der Waals surface area contributed by atoms with Crippen molar-refractivity contribution >= 4 is 29.9 Å². The largest absolute Gasteiger partial charge is 0.411 e. The summed E-state index contributed by atoms with van der Waals surface area (Å²) in [4.78, 5) is 4.04. The molecule has 0 rings (SSSR count). The number of guanidine groups is 1. The molecule has 0 aromatic heterocycles. The molecule has 21 heavy (non-hydrogen) atoms. The lowest BCUT2D eigenvalue weighted by Crippen LogP contribution is -2.38. The Bertz CT molecular complexity index is 264. The fourth-order valence-electron chi connectivity index (χ4n) is 1.55. The van der Waals surface area contributed by atoms with Crippen LogP contribution in [0, 0.1) is 0 Å². The van der Waals surface area contributed by atoms with Crippen molar-refractivity contribution < 1.29 is 17.9 Å². The summed E-state index contributed by atoms with van der Waals surface area (Å²) < 4.78 is 39.9. The van der Waals surface area contributed by atoms with Gasteiger partial charge in [0.1, 0.15) is 6.61 Å². The highest BCUT2D eigenvalue weighted by molar-refractivity contribution is 14.0. The number of hydrogen-bond acceptors (Lipinski definition) is 2. The van der Waals surface area contributed by atoms with Gasteiger partial charge >= 0.3 is 6.18 Å². The Morgan fingerprint density at radius 2 is 1.67 bits per heavy atom. The van der Waals surface area contributed by atoms with Gasteiger partial charge in [-0.3, -0.25) is 4.99 Å². The first-order valence-corrected chi connectivity index (χ1v) is 7.08. The summed E-state index contributed by atoms with van der Waals surface area (Å²) in [5, 5.41) is 6.20. The van der Waals surface area contributed by atoms with Crippen molar-refractivity contribution in [2.45, 2.75) is 45.2 Å². The maximum Gasteiger partial charge on any atom is 0.411 e. The van der Waals surface area contributed by atoms with E-state index in [0.717, 1.165) is 13.0 Å². The van der Waals surface area contributed by atoms with Gasteiger partial charge in [-0.1, -0.05) is 26.2 Å². The molecule has 128 valence electrons. The lowest BCUT2D eigenvalue weighted by Gasteiger charge is -2.12. The smallest absolute Gasteiger partial charge is 0.372 e. The predicted molar refractivity (Wildman–Crippen MR) is 90.4 cm³/mol. The average molecular weight is 425 g/mol. The number of rotatable bonds is 10. The third-order valence-corrected chi connectivity index (χ3v) is 2.57. The fourth-order valence-corrected chi connectivity index (χ4v) is 1.55. The van der Waals surface area contributed by atoms with Gasteiger partial charge in [0, 0.05) is 26.7 Å². The molecular formula is C13H27F3IN3O. The monoisotopic (exact) mass is 425 g/mol. The van der Waals surface area contributed by atoms with Crippen LogP contribution < -0.4 is 10.6 Å². The summed E-state index contributed by atoms with van der Waals surface area (Å²) in [5.74, 6) is 0.678. The summed E-state index contributed by atoms with van der Waals surface area (Å²) in [6.07, 6.45) is 0.959. The lowest BCUT2D eigenvalue weighted by atomic mass is 10.2. The van der Waals surface area contributed by atoms with E-state index in [-0.39, 0.29) is 30.6 Å². The van der Waals surface area contributed by atoms with Gasteiger partial charge < -0.3 is 15.4 Å². The normalized spacial score (nSPS) is 12.0. The number of unbranched alkanes of at least 4 members (excludes halogenated alkanes) is 3. The molecular weight excluding hydrogens is 398 g/mol. The van der Waals surface area contributed by atoms with Crippen molar-refractivity contribution in [2.75, 3.05) is 33.4 Å². The Balaban J connectivity index is 0. The zero-order valence-electron chi connectivity index (χ0n) is 12.8. The molecule has 0 bridgehead atoms. The molecule has 4 nitrogen and oxygen atoms in total. The van der Waals surface area contributed by atoms with Gasteiger partial charge in [-0.05, 0) is 12.8 Å². The Labute approximate surface area is 142 Å². The molecule has 0 atom stereocenters. The minimum atomic E-state index is -4.25. The van der Waals surface area contributed by atoms with E-state index < -0.39 is 12.8 Å². The summed E-state index contributed by atoms with van der Waals surface area (Å²) in [5.41, 5.74) is 0. The summed E-state index contributed by atoms with van der Waals surface area (Å²) in [7, 11) is 1.67. The molecule has 0 aliphatic carbocycles. The maximum atomic E-state index is 11.8. The summed E-state index contributed by atoms with van der Waals surface area (Å²) in [6.45, 7) is 2.45. The fraction of sp³-hybridized carbons (Fsp3) is 0.923. The zero-order chi connectivity index (χ0) is 15.3. The highest BCUT2D eigenvalue weighted by Crippen LogP contribution is 2.14. The molecule has 0 spiro atoms. The second-order valence-electron chi connectivity index (χ2n) is 4.51. The quantitative estimate of drug-likeness (QED) is 0.244. The van der Waals surface area contributed by atoms with E-state index in [1.165, 1.54) is 19.3 Å². The van der Waals surface area contributed by atoms with Crippen LogP contribution in [0.4, 0.5) is 13.2 Å². The number of nitrogens with zero attached hydrogens (tertiary/aromatic N) is 1. The van der Waals surface area contributed by atoms with E-state index in [0.29, 0.717) is 18.9 Å². The first kappa shape index (κ1) is 23.0. The molecule has 2 N–H and O–H groups in total. The number of nitrogens with one attached hydrogen (secondary N) is 2. The van der Waals surface area contributed by atoms with Gasteiger partial charge in [0.25, 0.3) is 0 Å². The third-order valence-electron chi connectivity index (χ3n) is 2.57. The first-order valence-electron chi connectivity index (χ1n) is 7.08. The molecule has 0 heterocycles. The molecule has 0 saturated carbocycles.